The van der Waals surface area contributed by atoms with Crippen molar-refractivity contribution in [1.82, 2.24) is 0 Å². The molecule has 0 spiro atoms. The molecule has 0 N–H and O–H groups in total. The van der Waals surface area contributed by atoms with Crippen LogP contribution >= 0.6 is 0 Å². The van der Waals surface area contributed by atoms with Crippen molar-refractivity contribution in [3.8, 4) is 0 Å². The first-order chi connectivity index (χ1) is 9.45. The van der Waals surface area contributed by atoms with Crippen molar-refractivity contribution in [2.24, 2.45) is 0 Å². The van der Waals surface area contributed by atoms with Crippen molar-refractivity contribution in [3.05, 3.63) is 35.4 Å². The lowest BCUT2D eigenvalue weighted by Gasteiger charge is -2.21. The molecule has 0 radical (unpaired) electrons. The summed E-state index contributed by atoms with van der Waals surface area (Å²) in [6.45, 7) is 4.26. The molecule has 2 atom stereocenters. The summed E-state index contributed by atoms with van der Waals surface area (Å²) in [6, 6.07) is 7.43. The van der Waals surface area contributed by atoms with Gasteiger partial charge in [-0.2, -0.15) is 0 Å². The lowest BCUT2D eigenvalue weighted by Crippen LogP contribution is -2.35. The average molecular weight is 294 g/mol. The number of hydrogen-bond acceptors (Lipinski definition) is 3. The van der Waals surface area contributed by atoms with Crippen molar-refractivity contribution < 1.29 is 13.2 Å². The molecule has 0 amide bonds. The molecule has 1 saturated heterocycles. The van der Waals surface area contributed by atoms with E-state index < -0.39 is 15.1 Å². The first kappa shape index (κ1) is 15.2. The second-order valence-electron chi connectivity index (χ2n) is 5.65. The molecule has 20 heavy (non-hydrogen) atoms. The second-order valence-corrected chi connectivity index (χ2v) is 7.95. The van der Waals surface area contributed by atoms with Gasteiger partial charge in [-0.15, -0.1) is 0 Å². The molecule has 4 heteroatoms. The lowest BCUT2D eigenvalue weighted by molar-refractivity contribution is 0.0981. The normalized spacial score (nSPS) is 23.2. The SMILES string of the molecule is CCC(C)c1ccc(C(=O)C2CCCCS2(=O)=O)cc1. The number of sulfone groups is 1. The summed E-state index contributed by atoms with van der Waals surface area (Å²) in [5, 5.41) is -0.828. The Morgan fingerprint density at radius 1 is 1.25 bits per heavy atom. The maximum atomic E-state index is 12.4. The zero-order valence-electron chi connectivity index (χ0n) is 12.1. The molecular formula is C16H22O3S. The van der Waals surface area contributed by atoms with E-state index in [9.17, 15) is 13.2 Å². The van der Waals surface area contributed by atoms with Crippen LogP contribution in [-0.4, -0.2) is 25.2 Å². The predicted octanol–water partition coefficient (Wildman–Crippen LogP) is 3.35. The summed E-state index contributed by atoms with van der Waals surface area (Å²) in [4.78, 5) is 12.4. The fraction of sp³-hybridized carbons (Fsp3) is 0.562. The molecule has 0 bridgehead atoms. The number of hydrogen-bond donors (Lipinski definition) is 0. The van der Waals surface area contributed by atoms with Gasteiger partial charge in [0.05, 0.1) is 5.75 Å². The third-order valence-electron chi connectivity index (χ3n) is 4.25. The Balaban J connectivity index is 2.21. The Labute approximate surface area is 121 Å². The summed E-state index contributed by atoms with van der Waals surface area (Å²) in [7, 11) is -3.25. The average Bonchev–Trinajstić information content (AvgIpc) is 2.45. The Morgan fingerprint density at radius 3 is 2.45 bits per heavy atom. The van der Waals surface area contributed by atoms with E-state index in [1.807, 2.05) is 12.1 Å². The van der Waals surface area contributed by atoms with Gasteiger partial charge < -0.3 is 0 Å². The molecule has 2 rings (SSSR count). The largest absolute Gasteiger partial charge is 0.293 e. The van der Waals surface area contributed by atoms with Crippen molar-refractivity contribution in [2.75, 3.05) is 5.75 Å². The zero-order chi connectivity index (χ0) is 14.8. The number of carbonyl (C=O) groups is 1. The van der Waals surface area contributed by atoms with Gasteiger partial charge in [0.25, 0.3) is 0 Å². The molecule has 1 heterocycles. The van der Waals surface area contributed by atoms with Gasteiger partial charge in [0, 0.05) is 5.56 Å². The van der Waals surface area contributed by atoms with Gasteiger partial charge in [0.15, 0.2) is 15.6 Å². The Bertz CT molecular complexity index is 572. The summed E-state index contributed by atoms with van der Waals surface area (Å²) in [5.74, 6) is 0.368. The van der Waals surface area contributed by atoms with Crippen LogP contribution in [0.5, 0.6) is 0 Å². The molecule has 1 aliphatic heterocycles. The Kier molecular flexibility index (Phi) is 4.63. The second kappa shape index (κ2) is 6.08. The van der Waals surface area contributed by atoms with Crippen LogP contribution in [0.1, 0.15) is 61.4 Å². The van der Waals surface area contributed by atoms with Crippen LogP contribution < -0.4 is 0 Å². The van der Waals surface area contributed by atoms with Gasteiger partial charge >= 0.3 is 0 Å². The first-order valence-electron chi connectivity index (χ1n) is 7.31. The number of Topliss-reactive ketones (excluding diaryl/α,β-unsaturated/α-hetero) is 1. The number of rotatable bonds is 4. The molecule has 110 valence electrons. The minimum Gasteiger partial charge on any atom is -0.293 e. The third kappa shape index (κ3) is 3.11. The highest BCUT2D eigenvalue weighted by atomic mass is 32.2. The van der Waals surface area contributed by atoms with Crippen LogP contribution in [-0.2, 0) is 9.84 Å². The zero-order valence-corrected chi connectivity index (χ0v) is 12.9. The predicted molar refractivity (Wildman–Crippen MR) is 80.9 cm³/mol. The van der Waals surface area contributed by atoms with Gasteiger partial charge in [-0.05, 0) is 30.7 Å². The van der Waals surface area contributed by atoms with Crippen LogP contribution in [0, 0.1) is 0 Å². The molecule has 3 nitrogen and oxygen atoms in total. The fourth-order valence-electron chi connectivity index (χ4n) is 2.65. The Morgan fingerprint density at radius 2 is 1.90 bits per heavy atom. The molecule has 1 aromatic carbocycles. The van der Waals surface area contributed by atoms with E-state index in [1.165, 1.54) is 5.56 Å². The van der Waals surface area contributed by atoms with Crippen molar-refractivity contribution in [1.29, 1.82) is 0 Å². The van der Waals surface area contributed by atoms with E-state index in [0.29, 0.717) is 24.3 Å². The smallest absolute Gasteiger partial charge is 0.180 e. The van der Waals surface area contributed by atoms with Crippen molar-refractivity contribution >= 4 is 15.6 Å². The highest BCUT2D eigenvalue weighted by Gasteiger charge is 2.35. The first-order valence-corrected chi connectivity index (χ1v) is 9.03. The van der Waals surface area contributed by atoms with E-state index in [-0.39, 0.29) is 11.5 Å². The molecule has 0 aromatic heterocycles. The fourth-order valence-corrected chi connectivity index (χ4v) is 4.53. The highest BCUT2D eigenvalue weighted by Crippen LogP contribution is 2.24. The standard InChI is InChI=1S/C16H22O3S/c1-3-12(2)13-7-9-14(10-8-13)16(17)15-6-4-5-11-20(15,18)19/h7-10,12,15H,3-6,11H2,1-2H3. The molecule has 1 fully saturated rings. The molecule has 2 unspecified atom stereocenters. The highest BCUT2D eigenvalue weighted by molar-refractivity contribution is 7.92. The van der Waals surface area contributed by atoms with Gasteiger partial charge in [-0.1, -0.05) is 44.5 Å². The van der Waals surface area contributed by atoms with Crippen molar-refractivity contribution in [2.45, 2.75) is 50.7 Å². The molecule has 0 aliphatic carbocycles. The van der Waals surface area contributed by atoms with E-state index in [1.54, 1.807) is 12.1 Å². The van der Waals surface area contributed by atoms with Crippen LogP contribution in [0.2, 0.25) is 0 Å². The monoisotopic (exact) mass is 294 g/mol. The molecule has 0 saturated carbocycles. The van der Waals surface area contributed by atoms with E-state index in [4.69, 9.17) is 0 Å². The third-order valence-corrected chi connectivity index (χ3v) is 6.42. The summed E-state index contributed by atoms with van der Waals surface area (Å²) in [6.07, 6.45) is 3.01. The Hall–Kier alpha value is -1.16. The topological polar surface area (TPSA) is 51.2 Å². The van der Waals surface area contributed by atoms with Crippen LogP contribution in [0.4, 0.5) is 0 Å². The van der Waals surface area contributed by atoms with Crippen LogP contribution in [0.3, 0.4) is 0 Å². The van der Waals surface area contributed by atoms with E-state index >= 15 is 0 Å². The van der Waals surface area contributed by atoms with Gasteiger partial charge in [0.2, 0.25) is 0 Å². The van der Waals surface area contributed by atoms with Crippen molar-refractivity contribution in [3.63, 3.8) is 0 Å². The summed E-state index contributed by atoms with van der Waals surface area (Å²) in [5.41, 5.74) is 1.71. The van der Waals surface area contributed by atoms with E-state index in [0.717, 1.165) is 12.8 Å². The maximum Gasteiger partial charge on any atom is 0.180 e. The van der Waals surface area contributed by atoms with Gasteiger partial charge in [-0.25, -0.2) is 8.42 Å². The summed E-state index contributed by atoms with van der Waals surface area (Å²) < 4.78 is 24.0. The lowest BCUT2D eigenvalue weighted by atomic mass is 9.96. The maximum absolute atomic E-state index is 12.4. The number of benzene rings is 1. The molecule has 1 aliphatic rings. The summed E-state index contributed by atoms with van der Waals surface area (Å²) >= 11 is 0. The number of ketones is 1. The van der Waals surface area contributed by atoms with E-state index in [2.05, 4.69) is 13.8 Å². The molecule has 1 aromatic rings. The van der Waals surface area contributed by atoms with Gasteiger partial charge in [0.1, 0.15) is 5.25 Å². The quantitative estimate of drug-likeness (QED) is 0.800. The minimum absolute atomic E-state index is 0.147. The molecular weight excluding hydrogens is 272 g/mol. The van der Waals surface area contributed by atoms with Crippen LogP contribution in [0.15, 0.2) is 24.3 Å². The minimum atomic E-state index is -3.25. The number of carbonyl (C=O) groups excluding carboxylic acids is 1. The van der Waals surface area contributed by atoms with Crippen LogP contribution in [0.25, 0.3) is 0 Å². The van der Waals surface area contributed by atoms with Gasteiger partial charge in [-0.3, -0.25) is 4.79 Å².